The fourth-order valence-corrected chi connectivity index (χ4v) is 2.54. The average Bonchev–Trinajstić information content (AvgIpc) is 2.40. The second-order valence-electron chi connectivity index (χ2n) is 6.02. The summed E-state index contributed by atoms with van der Waals surface area (Å²) in [4.78, 5) is 16.8. The second kappa shape index (κ2) is 5.89. The molecule has 2 heterocycles. The Balaban J connectivity index is 2.14. The maximum atomic E-state index is 11.2. The van der Waals surface area contributed by atoms with E-state index in [9.17, 15) is 15.0 Å². The number of ether oxygens (including phenoxy) is 1. The van der Waals surface area contributed by atoms with Gasteiger partial charge in [0.25, 0.3) is 0 Å². The van der Waals surface area contributed by atoms with E-state index in [1.54, 1.807) is 32.2 Å². The van der Waals surface area contributed by atoms with Crippen molar-refractivity contribution in [2.75, 3.05) is 6.54 Å². The number of rotatable bonds is 3. The minimum atomic E-state index is -1.06. The molecule has 0 aliphatic carbocycles. The van der Waals surface area contributed by atoms with Gasteiger partial charge >= 0.3 is 6.09 Å². The molecule has 6 nitrogen and oxygen atoms in total. The molecule has 21 heavy (non-hydrogen) atoms. The van der Waals surface area contributed by atoms with Gasteiger partial charge in [-0.3, -0.25) is 0 Å². The Morgan fingerprint density at radius 3 is 2.81 bits per heavy atom. The molecule has 0 aromatic carbocycles. The fraction of sp³-hybridized carbons (Fsp3) is 0.600. The lowest BCUT2D eigenvalue weighted by Crippen LogP contribution is -2.48. The molecule has 0 saturated carbocycles. The first kappa shape index (κ1) is 15.6. The number of hydrogen-bond donors (Lipinski definition) is 2. The van der Waals surface area contributed by atoms with Gasteiger partial charge in [0.2, 0.25) is 5.88 Å². The van der Waals surface area contributed by atoms with Crippen LogP contribution in [0.3, 0.4) is 0 Å². The molecular weight excluding hydrogens is 272 g/mol. The predicted octanol–water partition coefficient (Wildman–Crippen LogP) is 2.22. The maximum Gasteiger partial charge on any atom is 0.407 e. The van der Waals surface area contributed by atoms with Crippen LogP contribution in [0.15, 0.2) is 18.3 Å². The van der Waals surface area contributed by atoms with Crippen LogP contribution in [-0.2, 0) is 5.60 Å². The predicted molar refractivity (Wildman–Crippen MR) is 77.3 cm³/mol. The summed E-state index contributed by atoms with van der Waals surface area (Å²) in [5.74, 6) is 0.370. The summed E-state index contributed by atoms with van der Waals surface area (Å²) in [5, 5.41) is 19.3. The highest BCUT2D eigenvalue weighted by Gasteiger charge is 2.31. The Kier molecular flexibility index (Phi) is 4.37. The Bertz CT molecular complexity index is 513. The molecule has 1 fully saturated rings. The van der Waals surface area contributed by atoms with E-state index in [4.69, 9.17) is 4.74 Å². The standard InChI is InChI=1S/C15H22N2O4/c1-10-6-7-11(9-17(10)14(18)19)21-13-12(15(2,3)20)5-4-8-16-13/h4-5,8,10-11,20H,6-7,9H2,1-3H3,(H,18,19). The van der Waals surface area contributed by atoms with Crippen molar-refractivity contribution in [2.45, 2.75) is 51.4 Å². The molecule has 0 bridgehead atoms. The molecule has 1 saturated heterocycles. The van der Waals surface area contributed by atoms with Crippen LogP contribution in [0.25, 0.3) is 0 Å². The van der Waals surface area contributed by atoms with Crippen molar-refractivity contribution in [3.05, 3.63) is 23.9 Å². The minimum Gasteiger partial charge on any atom is -0.472 e. The second-order valence-corrected chi connectivity index (χ2v) is 6.02. The summed E-state index contributed by atoms with van der Waals surface area (Å²) in [6.07, 6.45) is 1.95. The Labute approximate surface area is 124 Å². The van der Waals surface area contributed by atoms with E-state index >= 15 is 0 Å². The first-order chi connectivity index (χ1) is 9.79. The van der Waals surface area contributed by atoms with E-state index in [1.165, 1.54) is 4.90 Å². The number of likely N-dealkylation sites (tertiary alicyclic amines) is 1. The van der Waals surface area contributed by atoms with Crippen LogP contribution in [-0.4, -0.2) is 44.9 Å². The lowest BCUT2D eigenvalue weighted by Gasteiger charge is -2.36. The zero-order valence-electron chi connectivity index (χ0n) is 12.6. The SMILES string of the molecule is CC1CCC(Oc2ncccc2C(C)(C)O)CN1C(=O)O. The molecule has 1 amide bonds. The number of piperidine rings is 1. The van der Waals surface area contributed by atoms with Crippen LogP contribution in [0.1, 0.15) is 39.2 Å². The van der Waals surface area contributed by atoms with Gasteiger partial charge in [-0.15, -0.1) is 0 Å². The van der Waals surface area contributed by atoms with Crippen LogP contribution < -0.4 is 4.74 Å². The highest BCUT2D eigenvalue weighted by Crippen LogP contribution is 2.29. The minimum absolute atomic E-state index is 0.000152. The lowest BCUT2D eigenvalue weighted by atomic mass is 9.99. The van der Waals surface area contributed by atoms with Crippen LogP contribution >= 0.6 is 0 Å². The Morgan fingerprint density at radius 2 is 2.19 bits per heavy atom. The van der Waals surface area contributed by atoms with Gasteiger partial charge in [-0.25, -0.2) is 9.78 Å². The highest BCUT2D eigenvalue weighted by molar-refractivity contribution is 5.65. The summed E-state index contributed by atoms with van der Waals surface area (Å²) >= 11 is 0. The smallest absolute Gasteiger partial charge is 0.407 e. The Morgan fingerprint density at radius 1 is 1.48 bits per heavy atom. The van der Waals surface area contributed by atoms with Crippen molar-refractivity contribution in [1.82, 2.24) is 9.88 Å². The van der Waals surface area contributed by atoms with E-state index in [2.05, 4.69) is 4.98 Å². The zero-order valence-corrected chi connectivity index (χ0v) is 12.6. The molecule has 1 aliphatic rings. The van der Waals surface area contributed by atoms with Crippen LogP contribution in [0.4, 0.5) is 4.79 Å². The molecule has 1 aromatic heterocycles. The van der Waals surface area contributed by atoms with E-state index in [0.717, 1.165) is 12.8 Å². The Hall–Kier alpha value is -1.82. The number of nitrogens with zero attached hydrogens (tertiary/aromatic N) is 2. The number of carbonyl (C=O) groups is 1. The van der Waals surface area contributed by atoms with Gasteiger partial charge in [-0.1, -0.05) is 0 Å². The average molecular weight is 294 g/mol. The summed E-state index contributed by atoms with van der Waals surface area (Å²) in [6.45, 7) is 5.55. The molecule has 1 aliphatic heterocycles. The molecule has 1 aromatic rings. The number of pyridine rings is 1. The summed E-state index contributed by atoms with van der Waals surface area (Å²) in [5.41, 5.74) is -0.455. The first-order valence-corrected chi connectivity index (χ1v) is 7.13. The quantitative estimate of drug-likeness (QED) is 0.893. The van der Waals surface area contributed by atoms with Gasteiger partial charge < -0.3 is 19.8 Å². The first-order valence-electron chi connectivity index (χ1n) is 7.13. The van der Waals surface area contributed by atoms with E-state index in [0.29, 0.717) is 18.0 Å². The summed E-state index contributed by atoms with van der Waals surface area (Å²) in [7, 11) is 0. The molecule has 0 spiro atoms. The molecule has 2 unspecified atom stereocenters. The van der Waals surface area contributed by atoms with Gasteiger partial charge in [0.15, 0.2) is 0 Å². The number of aromatic nitrogens is 1. The monoisotopic (exact) mass is 294 g/mol. The topological polar surface area (TPSA) is 82.9 Å². The molecule has 2 N–H and O–H groups in total. The van der Waals surface area contributed by atoms with Crippen molar-refractivity contribution in [3.63, 3.8) is 0 Å². The summed E-state index contributed by atoms with van der Waals surface area (Å²) < 4.78 is 5.87. The van der Waals surface area contributed by atoms with Gasteiger partial charge in [-0.05, 0) is 45.7 Å². The van der Waals surface area contributed by atoms with Gasteiger partial charge in [0, 0.05) is 17.8 Å². The van der Waals surface area contributed by atoms with Crippen molar-refractivity contribution in [2.24, 2.45) is 0 Å². The number of amides is 1. The van der Waals surface area contributed by atoms with E-state index < -0.39 is 11.7 Å². The van der Waals surface area contributed by atoms with Gasteiger partial charge in [0.1, 0.15) is 6.10 Å². The highest BCUT2D eigenvalue weighted by atomic mass is 16.5. The summed E-state index contributed by atoms with van der Waals surface area (Å²) in [6, 6.07) is 3.51. The van der Waals surface area contributed by atoms with Crippen molar-refractivity contribution in [3.8, 4) is 5.88 Å². The van der Waals surface area contributed by atoms with Crippen LogP contribution in [0.5, 0.6) is 5.88 Å². The van der Waals surface area contributed by atoms with Crippen molar-refractivity contribution >= 4 is 6.09 Å². The third-order valence-corrected chi connectivity index (χ3v) is 3.79. The molecule has 116 valence electrons. The third kappa shape index (κ3) is 3.64. The molecule has 6 heteroatoms. The van der Waals surface area contributed by atoms with Crippen molar-refractivity contribution in [1.29, 1.82) is 0 Å². The van der Waals surface area contributed by atoms with Crippen LogP contribution in [0.2, 0.25) is 0 Å². The molecular formula is C15H22N2O4. The molecule has 0 radical (unpaired) electrons. The van der Waals surface area contributed by atoms with Gasteiger partial charge in [0.05, 0.1) is 12.1 Å². The normalized spacial score (nSPS) is 23.0. The molecule has 2 rings (SSSR count). The number of hydrogen-bond acceptors (Lipinski definition) is 4. The largest absolute Gasteiger partial charge is 0.472 e. The number of aliphatic hydroxyl groups is 1. The van der Waals surface area contributed by atoms with E-state index in [-0.39, 0.29) is 12.1 Å². The lowest BCUT2D eigenvalue weighted by molar-refractivity contribution is 0.0421. The fourth-order valence-electron chi connectivity index (χ4n) is 2.54. The third-order valence-electron chi connectivity index (χ3n) is 3.79. The number of carboxylic acid groups (broad SMARTS) is 1. The maximum absolute atomic E-state index is 11.2. The zero-order chi connectivity index (χ0) is 15.6. The molecule has 2 atom stereocenters. The van der Waals surface area contributed by atoms with E-state index in [1.807, 2.05) is 6.92 Å². The van der Waals surface area contributed by atoms with Gasteiger partial charge in [-0.2, -0.15) is 0 Å². The van der Waals surface area contributed by atoms with Crippen molar-refractivity contribution < 1.29 is 19.7 Å². The van der Waals surface area contributed by atoms with Crippen LogP contribution in [0, 0.1) is 0 Å².